The molecular formula is C14H11ClN6O. The van der Waals surface area contributed by atoms with Crippen LogP contribution in [0.5, 0.6) is 0 Å². The molecular weight excluding hydrogens is 304 g/mol. The summed E-state index contributed by atoms with van der Waals surface area (Å²) in [6, 6.07) is 3.50. The number of carbonyl (C=O) groups excluding carboxylic acids is 1. The summed E-state index contributed by atoms with van der Waals surface area (Å²) in [5.41, 5.74) is 7.35. The van der Waals surface area contributed by atoms with E-state index in [-0.39, 0.29) is 11.3 Å². The summed E-state index contributed by atoms with van der Waals surface area (Å²) >= 11 is 6.06. The number of hydrogen-bond acceptors (Lipinski definition) is 4. The first-order chi connectivity index (χ1) is 10.6. The van der Waals surface area contributed by atoms with Crippen molar-refractivity contribution in [3.63, 3.8) is 0 Å². The van der Waals surface area contributed by atoms with Crippen LogP contribution in [0.2, 0.25) is 5.15 Å². The van der Waals surface area contributed by atoms with Gasteiger partial charge in [0.1, 0.15) is 28.6 Å². The second-order valence-corrected chi connectivity index (χ2v) is 4.79. The Morgan fingerprint density at radius 3 is 3.00 bits per heavy atom. The molecule has 0 saturated carbocycles. The molecule has 0 spiro atoms. The minimum Gasteiger partial charge on any atom is -0.373 e. The molecule has 4 N–H and O–H groups in total. The highest BCUT2D eigenvalue weighted by Gasteiger charge is 2.15. The number of nitrogens with two attached hydrogens (primary N) is 1. The zero-order valence-electron chi connectivity index (χ0n) is 11.5. The number of primary amides is 1. The Balaban J connectivity index is 2.09. The fraction of sp³-hybridized carbons (Fsp3) is 0.0714. The number of rotatable bonds is 2. The predicted octanol–water partition coefficient (Wildman–Crippen LogP) is 1.25. The number of nitrogens with one attached hydrogen (secondary N) is 2. The monoisotopic (exact) mass is 314 g/mol. The molecule has 110 valence electrons. The van der Waals surface area contributed by atoms with E-state index in [0.29, 0.717) is 16.5 Å². The molecule has 22 heavy (non-hydrogen) atoms. The smallest absolute Gasteiger partial charge is 0.255 e. The van der Waals surface area contributed by atoms with E-state index in [2.05, 4.69) is 32.3 Å². The molecule has 0 saturated heterocycles. The Hall–Kier alpha value is -2.98. The van der Waals surface area contributed by atoms with Crippen LogP contribution >= 0.6 is 11.6 Å². The van der Waals surface area contributed by atoms with Gasteiger partial charge in [-0.2, -0.15) is 5.10 Å². The van der Waals surface area contributed by atoms with Gasteiger partial charge >= 0.3 is 0 Å². The fourth-order valence-corrected chi connectivity index (χ4v) is 2.27. The lowest BCUT2D eigenvalue weighted by Crippen LogP contribution is -2.13. The van der Waals surface area contributed by atoms with Gasteiger partial charge in [-0.15, -0.1) is 0 Å². The third-order valence-corrected chi connectivity index (χ3v) is 3.42. The van der Waals surface area contributed by atoms with Crippen molar-refractivity contribution < 1.29 is 4.79 Å². The van der Waals surface area contributed by atoms with Gasteiger partial charge in [0.05, 0.1) is 17.3 Å². The van der Waals surface area contributed by atoms with E-state index in [0.717, 1.165) is 5.52 Å². The third kappa shape index (κ3) is 2.25. The van der Waals surface area contributed by atoms with Crippen molar-refractivity contribution in [3.05, 3.63) is 46.6 Å². The largest absolute Gasteiger partial charge is 0.373 e. The normalized spacial score (nSPS) is 10.3. The number of anilines is 1. The van der Waals surface area contributed by atoms with Crippen LogP contribution in [-0.2, 0) is 0 Å². The van der Waals surface area contributed by atoms with Crippen LogP contribution in [0.1, 0.15) is 21.6 Å². The lowest BCUT2D eigenvalue weighted by Gasteiger charge is -1.99. The van der Waals surface area contributed by atoms with E-state index < -0.39 is 5.91 Å². The van der Waals surface area contributed by atoms with E-state index in [1.807, 2.05) is 0 Å². The number of imidazole rings is 1. The van der Waals surface area contributed by atoms with E-state index in [1.54, 1.807) is 36.1 Å². The Labute approximate surface area is 130 Å². The Morgan fingerprint density at radius 1 is 1.45 bits per heavy atom. The van der Waals surface area contributed by atoms with Crippen LogP contribution in [-0.4, -0.2) is 32.5 Å². The van der Waals surface area contributed by atoms with Gasteiger partial charge in [-0.05, 0) is 18.1 Å². The molecule has 3 aromatic rings. The summed E-state index contributed by atoms with van der Waals surface area (Å²) in [4.78, 5) is 15.6. The summed E-state index contributed by atoms with van der Waals surface area (Å²) in [7, 11) is 1.66. The standard InChI is InChI=1S/C14H11ClN6O/c1-17-14-12(13(16)22)9(19-20-14)4-2-8-3-5-11(15)21-7-18-6-10(8)21/h3,5-7H,1H3,(H2,16,22)(H2,17,19,20). The van der Waals surface area contributed by atoms with Crippen LogP contribution in [0.15, 0.2) is 24.7 Å². The quantitative estimate of drug-likeness (QED) is 0.489. The van der Waals surface area contributed by atoms with Crippen molar-refractivity contribution in [1.82, 2.24) is 19.6 Å². The first-order valence-corrected chi connectivity index (χ1v) is 6.68. The van der Waals surface area contributed by atoms with E-state index in [4.69, 9.17) is 17.3 Å². The molecule has 0 atom stereocenters. The first kappa shape index (κ1) is 14.0. The van der Waals surface area contributed by atoms with Crippen molar-refractivity contribution >= 4 is 28.8 Å². The van der Waals surface area contributed by atoms with E-state index in [1.165, 1.54) is 0 Å². The van der Waals surface area contributed by atoms with Crippen molar-refractivity contribution in [2.75, 3.05) is 12.4 Å². The van der Waals surface area contributed by atoms with Gasteiger partial charge in [0.25, 0.3) is 5.91 Å². The highest BCUT2D eigenvalue weighted by molar-refractivity contribution is 6.29. The van der Waals surface area contributed by atoms with Gasteiger partial charge in [-0.25, -0.2) is 4.98 Å². The van der Waals surface area contributed by atoms with Gasteiger partial charge in [0.2, 0.25) is 0 Å². The van der Waals surface area contributed by atoms with Crippen LogP contribution in [0.4, 0.5) is 5.82 Å². The Kier molecular flexibility index (Phi) is 3.45. The zero-order chi connectivity index (χ0) is 15.7. The summed E-state index contributed by atoms with van der Waals surface area (Å²) < 4.78 is 1.71. The molecule has 0 aliphatic heterocycles. The molecule has 0 aliphatic rings. The second kappa shape index (κ2) is 5.42. The lowest BCUT2D eigenvalue weighted by atomic mass is 10.2. The first-order valence-electron chi connectivity index (χ1n) is 6.30. The maximum atomic E-state index is 11.5. The molecule has 0 radical (unpaired) electrons. The number of amides is 1. The second-order valence-electron chi connectivity index (χ2n) is 4.41. The summed E-state index contributed by atoms with van der Waals surface area (Å²) in [5, 5.41) is 10.0. The minimum atomic E-state index is -0.604. The Bertz CT molecular complexity index is 930. The molecule has 7 nitrogen and oxygen atoms in total. The average molecular weight is 315 g/mol. The molecule has 0 bridgehead atoms. The number of aromatic amines is 1. The summed E-state index contributed by atoms with van der Waals surface area (Å²) in [6.45, 7) is 0. The molecule has 0 aromatic carbocycles. The van der Waals surface area contributed by atoms with Crippen molar-refractivity contribution in [2.24, 2.45) is 5.73 Å². The molecule has 1 amide bonds. The predicted molar refractivity (Wildman–Crippen MR) is 82.8 cm³/mol. The van der Waals surface area contributed by atoms with Crippen LogP contribution in [0, 0.1) is 11.8 Å². The number of pyridine rings is 1. The molecule has 0 aliphatic carbocycles. The molecule has 0 unspecified atom stereocenters. The number of carbonyl (C=O) groups is 1. The van der Waals surface area contributed by atoms with Crippen molar-refractivity contribution in [1.29, 1.82) is 0 Å². The number of fused-ring (bicyclic) bond motifs is 1. The van der Waals surface area contributed by atoms with Crippen LogP contribution < -0.4 is 11.1 Å². The SMILES string of the molecule is CNc1[nH]nc(C#Cc2ccc(Cl)n3cncc23)c1C(N)=O. The number of aromatic nitrogens is 4. The topological polar surface area (TPSA) is 101 Å². The number of H-pyrrole nitrogens is 1. The van der Waals surface area contributed by atoms with E-state index >= 15 is 0 Å². The summed E-state index contributed by atoms with van der Waals surface area (Å²) in [5.74, 6) is 5.64. The zero-order valence-corrected chi connectivity index (χ0v) is 12.3. The number of halogens is 1. The van der Waals surface area contributed by atoms with Gasteiger partial charge in [-0.1, -0.05) is 17.5 Å². The average Bonchev–Trinajstić information content (AvgIpc) is 3.13. The molecule has 0 fully saturated rings. The maximum absolute atomic E-state index is 11.5. The van der Waals surface area contributed by atoms with Gasteiger partial charge < -0.3 is 11.1 Å². The number of hydrogen-bond donors (Lipinski definition) is 3. The van der Waals surface area contributed by atoms with Crippen molar-refractivity contribution in [3.8, 4) is 11.8 Å². The lowest BCUT2D eigenvalue weighted by molar-refractivity contribution is 0.100. The molecule has 3 heterocycles. The van der Waals surface area contributed by atoms with E-state index in [9.17, 15) is 4.79 Å². The molecule has 3 rings (SSSR count). The minimum absolute atomic E-state index is 0.230. The maximum Gasteiger partial charge on any atom is 0.255 e. The fourth-order valence-electron chi connectivity index (χ4n) is 2.07. The molecule has 8 heteroatoms. The summed E-state index contributed by atoms with van der Waals surface area (Å²) in [6.07, 6.45) is 3.26. The highest BCUT2D eigenvalue weighted by atomic mass is 35.5. The third-order valence-electron chi connectivity index (χ3n) is 3.11. The van der Waals surface area contributed by atoms with Crippen LogP contribution in [0.25, 0.3) is 5.52 Å². The van der Waals surface area contributed by atoms with Gasteiger partial charge in [-0.3, -0.25) is 14.3 Å². The Morgan fingerprint density at radius 2 is 2.27 bits per heavy atom. The van der Waals surface area contributed by atoms with Gasteiger partial charge in [0.15, 0.2) is 0 Å². The van der Waals surface area contributed by atoms with Gasteiger partial charge in [0, 0.05) is 7.05 Å². The number of nitrogens with zero attached hydrogens (tertiary/aromatic N) is 3. The molecule has 3 aromatic heterocycles. The van der Waals surface area contributed by atoms with Crippen molar-refractivity contribution in [2.45, 2.75) is 0 Å². The highest BCUT2D eigenvalue weighted by Crippen LogP contribution is 2.17. The van der Waals surface area contributed by atoms with Crippen LogP contribution in [0.3, 0.4) is 0 Å².